The molecule has 0 bridgehead atoms. The summed E-state index contributed by atoms with van der Waals surface area (Å²) in [6.45, 7) is -0.640. The Balaban J connectivity index is 0.949. The van der Waals surface area contributed by atoms with Crippen LogP contribution in [-0.4, -0.2) is 68.5 Å². The van der Waals surface area contributed by atoms with Crippen LogP contribution in [-0.2, 0) is 22.4 Å². The maximum Gasteiger partial charge on any atom is 0.291 e. The van der Waals surface area contributed by atoms with Gasteiger partial charge in [0.1, 0.15) is 35.8 Å². The van der Waals surface area contributed by atoms with Crippen LogP contribution in [0.2, 0.25) is 0 Å². The number of carbonyl (C=O) groups is 5. The van der Waals surface area contributed by atoms with Gasteiger partial charge in [-0.1, -0.05) is 72.1 Å². The highest BCUT2D eigenvalue weighted by Crippen LogP contribution is 2.31. The number of amides is 4. The van der Waals surface area contributed by atoms with Crippen LogP contribution in [0.1, 0.15) is 33.2 Å². The number of halogens is 1. The predicted octanol–water partition coefficient (Wildman–Crippen LogP) is 5.74. The zero-order chi connectivity index (χ0) is 35.9. The second-order valence-electron chi connectivity index (χ2n) is 11.6. The zero-order valence-electron chi connectivity index (χ0n) is 26.9. The summed E-state index contributed by atoms with van der Waals surface area (Å²) >= 11 is 1.87. The number of ether oxygens (including phenoxy) is 3. The fraction of sp³-hybridized carbons (Fsp3) is 0.216. The van der Waals surface area contributed by atoms with Crippen LogP contribution >= 0.6 is 23.5 Å². The summed E-state index contributed by atoms with van der Waals surface area (Å²) in [6, 6.07) is 25.9. The van der Waals surface area contributed by atoms with Crippen molar-refractivity contribution in [2.24, 2.45) is 0 Å². The number of Topliss-reactive ketones (excluding diaryl/α,β-unsaturated/α-hetero) is 1. The van der Waals surface area contributed by atoms with Crippen LogP contribution in [0.25, 0.3) is 0 Å². The number of thioether (sulfide) groups is 2. The molecule has 2 aliphatic rings. The number of ketones is 1. The number of hydrogen-bond donors (Lipinski definition) is 2. The lowest BCUT2D eigenvalue weighted by atomic mass is 10.1. The van der Waals surface area contributed by atoms with E-state index in [9.17, 15) is 33.5 Å². The molecule has 3 unspecified atom stereocenters. The highest BCUT2D eigenvalue weighted by Gasteiger charge is 2.40. The summed E-state index contributed by atoms with van der Waals surface area (Å²) in [5, 5.41) is 10.6. The molecule has 0 saturated carbocycles. The third-order valence-electron chi connectivity index (χ3n) is 7.99. The van der Waals surface area contributed by atoms with E-state index < -0.39 is 33.6 Å². The Kier molecular flexibility index (Phi) is 11.3. The quantitative estimate of drug-likeness (QED) is 0.144. The van der Waals surface area contributed by atoms with Gasteiger partial charge in [-0.25, -0.2) is 9.29 Å². The summed E-state index contributed by atoms with van der Waals surface area (Å²) in [5.74, 6) is -0.228. The SMILES string of the molecule is O=C1NC(=O)C(Cc2ccc(OCC(=O)c3cccc(OCN4C(=O)SC(Cc5ccc(OCC(O)c6cccc(F)c6)cc5)C4=O)c3)cc2)S1. The highest BCUT2D eigenvalue weighted by molar-refractivity contribution is 8.15. The smallest absolute Gasteiger partial charge is 0.291 e. The Labute approximate surface area is 300 Å². The minimum atomic E-state index is -1.01. The summed E-state index contributed by atoms with van der Waals surface area (Å²) in [6.07, 6.45) is -0.321. The molecule has 4 amide bonds. The molecule has 2 heterocycles. The molecule has 3 atom stereocenters. The average molecular weight is 731 g/mol. The maximum absolute atomic E-state index is 13.4. The summed E-state index contributed by atoms with van der Waals surface area (Å²) in [4.78, 5) is 62.9. The fourth-order valence-corrected chi connectivity index (χ4v) is 7.14. The van der Waals surface area contributed by atoms with Crippen molar-refractivity contribution in [3.05, 3.63) is 125 Å². The topological polar surface area (TPSA) is 149 Å². The third kappa shape index (κ3) is 9.34. The molecule has 2 saturated heterocycles. The Hall–Kier alpha value is -5.18. The zero-order valence-corrected chi connectivity index (χ0v) is 28.5. The van der Waals surface area contributed by atoms with E-state index in [1.165, 1.54) is 24.3 Å². The minimum absolute atomic E-state index is 0.0710. The van der Waals surface area contributed by atoms with Crippen molar-refractivity contribution in [3.63, 3.8) is 0 Å². The molecule has 6 rings (SSSR count). The number of aliphatic hydroxyl groups excluding tert-OH is 1. The number of imide groups is 2. The number of aliphatic hydroxyl groups is 1. The molecule has 4 aromatic rings. The Morgan fingerprint density at radius 1 is 0.784 bits per heavy atom. The van der Waals surface area contributed by atoms with Crippen LogP contribution < -0.4 is 19.5 Å². The van der Waals surface area contributed by atoms with E-state index in [-0.39, 0.29) is 36.9 Å². The monoisotopic (exact) mass is 730 g/mol. The van der Waals surface area contributed by atoms with Gasteiger partial charge in [-0.2, -0.15) is 0 Å². The lowest BCUT2D eigenvalue weighted by Gasteiger charge is -2.16. The van der Waals surface area contributed by atoms with Gasteiger partial charge in [0.05, 0.1) is 10.5 Å². The van der Waals surface area contributed by atoms with E-state index in [0.717, 1.165) is 39.6 Å². The molecule has 0 aromatic heterocycles. The van der Waals surface area contributed by atoms with Crippen LogP contribution in [0.3, 0.4) is 0 Å². The molecule has 0 radical (unpaired) electrons. The largest absolute Gasteiger partial charge is 0.491 e. The molecule has 2 aliphatic heterocycles. The minimum Gasteiger partial charge on any atom is -0.491 e. The molecule has 14 heteroatoms. The van der Waals surface area contributed by atoms with Crippen molar-refractivity contribution < 1.29 is 47.7 Å². The average Bonchev–Trinajstić information content (AvgIpc) is 3.59. The van der Waals surface area contributed by atoms with Crippen molar-refractivity contribution in [1.29, 1.82) is 0 Å². The molecular formula is C37H31FN2O9S2. The Bertz CT molecular complexity index is 1940. The molecule has 0 spiro atoms. The van der Waals surface area contributed by atoms with Crippen molar-refractivity contribution in [3.8, 4) is 17.2 Å². The summed E-state index contributed by atoms with van der Waals surface area (Å²) in [5.41, 5.74) is 2.37. The van der Waals surface area contributed by atoms with E-state index in [0.29, 0.717) is 41.2 Å². The van der Waals surface area contributed by atoms with E-state index in [2.05, 4.69) is 5.32 Å². The summed E-state index contributed by atoms with van der Waals surface area (Å²) in [7, 11) is 0. The first kappa shape index (κ1) is 35.6. The fourth-order valence-electron chi connectivity index (χ4n) is 5.26. The van der Waals surface area contributed by atoms with Gasteiger partial charge in [-0.05, 0) is 78.1 Å². The molecule has 4 aromatic carbocycles. The van der Waals surface area contributed by atoms with Crippen molar-refractivity contribution in [2.75, 3.05) is 19.9 Å². The standard InChI is InChI=1S/C37H31FN2O9S2/c38-26-5-1-3-24(17-26)30(41)19-47-28-13-9-23(10-14-28)16-33-35(44)40(37(46)51-33)21-49-29-6-2-4-25(18-29)31(42)20-48-27-11-7-22(8-12-27)15-32-34(43)39-36(45)50-32/h1-14,17-18,30,32-33,41H,15-16,19-21H2,(H,39,43,45). The van der Waals surface area contributed by atoms with Crippen LogP contribution in [0.4, 0.5) is 14.0 Å². The number of benzene rings is 4. The second kappa shape index (κ2) is 16.2. The van der Waals surface area contributed by atoms with Crippen molar-refractivity contribution in [1.82, 2.24) is 10.2 Å². The number of nitrogens with one attached hydrogen (secondary N) is 1. The first-order chi connectivity index (χ1) is 24.6. The van der Waals surface area contributed by atoms with Gasteiger partial charge in [-0.3, -0.25) is 29.3 Å². The van der Waals surface area contributed by atoms with Gasteiger partial charge in [-0.15, -0.1) is 0 Å². The van der Waals surface area contributed by atoms with E-state index in [1.807, 2.05) is 0 Å². The molecule has 2 fully saturated rings. The normalized spacial score (nSPS) is 17.7. The van der Waals surface area contributed by atoms with Gasteiger partial charge >= 0.3 is 0 Å². The number of carbonyl (C=O) groups excluding carboxylic acids is 5. The first-order valence-corrected chi connectivity index (χ1v) is 17.5. The predicted molar refractivity (Wildman–Crippen MR) is 187 cm³/mol. The van der Waals surface area contributed by atoms with Crippen molar-refractivity contribution in [2.45, 2.75) is 29.4 Å². The van der Waals surface area contributed by atoms with Crippen molar-refractivity contribution >= 4 is 51.6 Å². The van der Waals surface area contributed by atoms with E-state index in [1.54, 1.807) is 72.8 Å². The third-order valence-corrected chi connectivity index (χ3v) is 10.0. The molecule has 0 aliphatic carbocycles. The van der Waals surface area contributed by atoms with Crippen LogP contribution in [0.15, 0.2) is 97.1 Å². The maximum atomic E-state index is 13.4. The second-order valence-corrected chi connectivity index (χ2v) is 13.9. The number of hydrogen-bond acceptors (Lipinski definition) is 11. The van der Waals surface area contributed by atoms with Gasteiger partial charge in [0.15, 0.2) is 19.1 Å². The Morgan fingerprint density at radius 3 is 2.12 bits per heavy atom. The van der Waals surface area contributed by atoms with E-state index >= 15 is 0 Å². The number of rotatable bonds is 15. The molecule has 51 heavy (non-hydrogen) atoms. The van der Waals surface area contributed by atoms with Gasteiger partial charge < -0.3 is 19.3 Å². The van der Waals surface area contributed by atoms with Gasteiger partial charge in [0.25, 0.3) is 10.5 Å². The highest BCUT2D eigenvalue weighted by atomic mass is 32.2. The Morgan fingerprint density at radius 2 is 1.45 bits per heavy atom. The van der Waals surface area contributed by atoms with Gasteiger partial charge in [0, 0.05) is 5.56 Å². The first-order valence-electron chi connectivity index (χ1n) is 15.8. The molecular weight excluding hydrogens is 700 g/mol. The lowest BCUT2D eigenvalue weighted by Crippen LogP contribution is -2.35. The van der Waals surface area contributed by atoms with Crippen LogP contribution in [0, 0.1) is 5.82 Å². The molecule has 2 N–H and O–H groups in total. The summed E-state index contributed by atoms with van der Waals surface area (Å²) < 4.78 is 30.4. The molecule has 262 valence electrons. The van der Waals surface area contributed by atoms with Gasteiger partial charge in [0.2, 0.25) is 11.8 Å². The lowest BCUT2D eigenvalue weighted by molar-refractivity contribution is -0.128. The van der Waals surface area contributed by atoms with Crippen LogP contribution in [0.5, 0.6) is 17.2 Å². The molecule has 11 nitrogen and oxygen atoms in total. The van der Waals surface area contributed by atoms with E-state index in [4.69, 9.17) is 14.2 Å². The number of nitrogens with zero attached hydrogens (tertiary/aromatic N) is 1.